The van der Waals surface area contributed by atoms with Crippen molar-refractivity contribution in [2.24, 2.45) is 5.92 Å². The van der Waals surface area contributed by atoms with Crippen LogP contribution in [-0.2, 0) is 20.7 Å². The Kier molecular flexibility index (Phi) is 7.34. The van der Waals surface area contributed by atoms with E-state index in [0.717, 1.165) is 5.56 Å². The van der Waals surface area contributed by atoms with Crippen molar-refractivity contribution in [2.45, 2.75) is 19.4 Å². The fourth-order valence-electron chi connectivity index (χ4n) is 2.11. The molecule has 0 aliphatic rings. The number of carboxylic acid groups (broad SMARTS) is 1. The van der Waals surface area contributed by atoms with Crippen molar-refractivity contribution in [1.29, 1.82) is 0 Å². The summed E-state index contributed by atoms with van der Waals surface area (Å²) in [4.78, 5) is 23.2. The van der Waals surface area contributed by atoms with Crippen molar-refractivity contribution in [3.8, 4) is 11.5 Å². The second-order valence-electron chi connectivity index (χ2n) is 5.15. The van der Waals surface area contributed by atoms with E-state index in [-0.39, 0.29) is 12.5 Å². The van der Waals surface area contributed by atoms with Gasteiger partial charge < -0.3 is 24.6 Å². The summed E-state index contributed by atoms with van der Waals surface area (Å²) in [6.07, 6.45) is 0.450. The normalized spacial score (nSPS) is 13.0. The molecule has 7 heteroatoms. The Bertz CT molecular complexity index is 545. The molecule has 1 amide bonds. The molecule has 2 atom stereocenters. The second-order valence-corrected chi connectivity index (χ2v) is 5.15. The van der Waals surface area contributed by atoms with Crippen molar-refractivity contribution < 1.29 is 28.9 Å². The maximum atomic E-state index is 12.1. The molecule has 0 radical (unpaired) electrons. The lowest BCUT2D eigenvalue weighted by atomic mass is 9.99. The number of carboxylic acids is 1. The molecule has 0 aliphatic heterocycles. The maximum Gasteiger partial charge on any atom is 0.328 e. The molecule has 128 valence electrons. The summed E-state index contributed by atoms with van der Waals surface area (Å²) in [6, 6.07) is 4.35. The van der Waals surface area contributed by atoms with Gasteiger partial charge in [0.1, 0.15) is 0 Å². The van der Waals surface area contributed by atoms with Gasteiger partial charge >= 0.3 is 5.97 Å². The minimum Gasteiger partial charge on any atom is -0.493 e. The maximum absolute atomic E-state index is 12.1. The van der Waals surface area contributed by atoms with Crippen LogP contribution in [0.15, 0.2) is 18.2 Å². The number of amides is 1. The molecule has 0 saturated heterocycles. The summed E-state index contributed by atoms with van der Waals surface area (Å²) >= 11 is 0. The van der Waals surface area contributed by atoms with Gasteiger partial charge in [0.05, 0.1) is 20.8 Å². The smallest absolute Gasteiger partial charge is 0.328 e. The molecule has 1 aromatic carbocycles. The number of carbonyl (C=O) groups excluding carboxylic acids is 1. The second kappa shape index (κ2) is 8.99. The van der Waals surface area contributed by atoms with Crippen LogP contribution in [0, 0.1) is 5.92 Å². The van der Waals surface area contributed by atoms with Crippen molar-refractivity contribution >= 4 is 11.9 Å². The van der Waals surface area contributed by atoms with Crippen molar-refractivity contribution in [2.75, 3.05) is 27.9 Å². The van der Waals surface area contributed by atoms with Crippen LogP contribution in [0.2, 0.25) is 0 Å². The zero-order valence-corrected chi connectivity index (χ0v) is 13.8. The first kappa shape index (κ1) is 18.8. The van der Waals surface area contributed by atoms with Crippen LogP contribution in [-0.4, -0.2) is 51.0 Å². The lowest BCUT2D eigenvalue weighted by Gasteiger charge is -2.17. The summed E-state index contributed by atoms with van der Waals surface area (Å²) in [5, 5.41) is 11.5. The molecule has 2 N–H and O–H groups in total. The molecule has 1 rings (SSSR count). The summed E-state index contributed by atoms with van der Waals surface area (Å²) in [5.74, 6) is -0.672. The van der Waals surface area contributed by atoms with Crippen LogP contribution in [0.25, 0.3) is 0 Å². The van der Waals surface area contributed by atoms with E-state index in [4.69, 9.17) is 19.3 Å². The molecule has 0 heterocycles. The van der Waals surface area contributed by atoms with Gasteiger partial charge in [-0.1, -0.05) is 13.0 Å². The summed E-state index contributed by atoms with van der Waals surface area (Å²) in [6.45, 7) is 1.65. The molecule has 2 unspecified atom stereocenters. The number of carbonyl (C=O) groups is 2. The van der Waals surface area contributed by atoms with E-state index >= 15 is 0 Å². The average molecular weight is 325 g/mol. The molecule has 1 aromatic rings. The molecule has 0 aromatic heterocycles. The third kappa shape index (κ3) is 5.45. The monoisotopic (exact) mass is 325 g/mol. The Balaban J connectivity index is 2.72. The highest BCUT2D eigenvalue weighted by atomic mass is 16.5. The number of nitrogens with one attached hydrogen (secondary N) is 1. The number of hydrogen-bond acceptors (Lipinski definition) is 5. The molecule has 23 heavy (non-hydrogen) atoms. The van der Waals surface area contributed by atoms with Gasteiger partial charge in [0, 0.05) is 13.0 Å². The minimum absolute atomic E-state index is 0.0792. The largest absolute Gasteiger partial charge is 0.493 e. The van der Waals surface area contributed by atoms with Crippen LogP contribution < -0.4 is 14.8 Å². The van der Waals surface area contributed by atoms with Crippen LogP contribution in [0.3, 0.4) is 0 Å². The first-order valence-corrected chi connectivity index (χ1v) is 7.15. The van der Waals surface area contributed by atoms with Crippen LogP contribution in [0.1, 0.15) is 12.5 Å². The van der Waals surface area contributed by atoms with Crippen LogP contribution >= 0.6 is 0 Å². The van der Waals surface area contributed by atoms with Crippen LogP contribution in [0.4, 0.5) is 0 Å². The van der Waals surface area contributed by atoms with E-state index in [2.05, 4.69) is 5.32 Å². The third-order valence-corrected chi connectivity index (χ3v) is 3.39. The number of ether oxygens (including phenoxy) is 3. The molecule has 0 fully saturated rings. The zero-order valence-electron chi connectivity index (χ0n) is 13.8. The summed E-state index contributed by atoms with van der Waals surface area (Å²) < 4.78 is 15.2. The van der Waals surface area contributed by atoms with Gasteiger partial charge in [-0.05, 0) is 24.1 Å². The van der Waals surface area contributed by atoms with Gasteiger partial charge in [0.25, 0.3) is 0 Å². The minimum atomic E-state index is -1.13. The van der Waals surface area contributed by atoms with Crippen molar-refractivity contribution in [3.05, 3.63) is 23.8 Å². The Morgan fingerprint density at radius 2 is 1.83 bits per heavy atom. The summed E-state index contributed by atoms with van der Waals surface area (Å²) in [5.41, 5.74) is 0.893. The van der Waals surface area contributed by atoms with Gasteiger partial charge in [-0.2, -0.15) is 0 Å². The number of hydrogen-bond donors (Lipinski definition) is 2. The molecule has 0 bridgehead atoms. The topological polar surface area (TPSA) is 94.1 Å². The molecule has 0 spiro atoms. The molecular weight excluding hydrogens is 302 g/mol. The van der Waals surface area contributed by atoms with Gasteiger partial charge in [0.2, 0.25) is 5.91 Å². The third-order valence-electron chi connectivity index (χ3n) is 3.39. The van der Waals surface area contributed by atoms with E-state index in [1.807, 2.05) is 6.07 Å². The molecule has 0 aliphatic carbocycles. The first-order chi connectivity index (χ1) is 10.9. The predicted molar refractivity (Wildman–Crippen MR) is 83.9 cm³/mol. The zero-order chi connectivity index (χ0) is 17.4. The van der Waals surface area contributed by atoms with Gasteiger partial charge in [-0.15, -0.1) is 0 Å². The number of methoxy groups -OCH3 is 3. The number of aliphatic carboxylic acids is 1. The highest BCUT2D eigenvalue weighted by Gasteiger charge is 2.23. The first-order valence-electron chi connectivity index (χ1n) is 7.15. The number of rotatable bonds is 9. The molecule has 0 saturated carbocycles. The van der Waals surface area contributed by atoms with E-state index < -0.39 is 17.9 Å². The highest BCUT2D eigenvalue weighted by molar-refractivity contribution is 5.85. The quantitative estimate of drug-likeness (QED) is 0.706. The van der Waals surface area contributed by atoms with Gasteiger partial charge in [0.15, 0.2) is 17.5 Å². The lowest BCUT2D eigenvalue weighted by Crippen LogP contribution is -2.46. The Morgan fingerprint density at radius 3 is 2.35 bits per heavy atom. The average Bonchev–Trinajstić information content (AvgIpc) is 2.53. The predicted octanol–water partition coefficient (Wildman–Crippen LogP) is 1.10. The number of benzene rings is 1. The van der Waals surface area contributed by atoms with Gasteiger partial charge in [-0.25, -0.2) is 4.79 Å². The fourth-order valence-corrected chi connectivity index (χ4v) is 2.11. The Hall–Kier alpha value is -2.28. The van der Waals surface area contributed by atoms with E-state index in [0.29, 0.717) is 17.9 Å². The van der Waals surface area contributed by atoms with Crippen molar-refractivity contribution in [3.63, 3.8) is 0 Å². The van der Waals surface area contributed by atoms with E-state index in [1.165, 1.54) is 7.11 Å². The summed E-state index contributed by atoms with van der Waals surface area (Å²) in [7, 11) is 4.48. The fraction of sp³-hybridized carbons (Fsp3) is 0.500. The highest BCUT2D eigenvalue weighted by Crippen LogP contribution is 2.28. The Morgan fingerprint density at radius 1 is 1.17 bits per heavy atom. The Labute approximate surface area is 135 Å². The standard InChI is InChI=1S/C16H23NO6/c1-10(15(18)17-12(9-21-2)16(19)20)7-11-5-6-13(22-3)14(8-11)23-4/h5-6,8,10,12H,7,9H2,1-4H3,(H,17,18)(H,19,20). The molecular formula is C16H23NO6. The van der Waals surface area contributed by atoms with Crippen LogP contribution in [0.5, 0.6) is 11.5 Å². The SMILES string of the molecule is COCC(NC(=O)C(C)Cc1ccc(OC)c(OC)c1)C(=O)O. The van der Waals surface area contributed by atoms with E-state index in [9.17, 15) is 9.59 Å². The molecule has 7 nitrogen and oxygen atoms in total. The van der Waals surface area contributed by atoms with Gasteiger partial charge in [-0.3, -0.25) is 4.79 Å². The van der Waals surface area contributed by atoms with E-state index in [1.54, 1.807) is 33.3 Å². The lowest BCUT2D eigenvalue weighted by molar-refractivity contribution is -0.143. The van der Waals surface area contributed by atoms with Crippen molar-refractivity contribution in [1.82, 2.24) is 5.32 Å².